The smallest absolute Gasteiger partial charge is 0.317 e. The molecule has 2 amide bonds. The first kappa shape index (κ1) is 17.6. The molecule has 4 rings (SSSR count). The minimum atomic E-state index is -0.756. The summed E-state index contributed by atoms with van der Waals surface area (Å²) in [6.07, 6.45) is 6.96. The zero-order chi connectivity index (χ0) is 18.9. The lowest BCUT2D eigenvalue weighted by Crippen LogP contribution is -2.42. The first-order valence-corrected chi connectivity index (χ1v) is 9.44. The Morgan fingerprint density at radius 2 is 2.11 bits per heavy atom. The number of carbonyl (C=O) groups excluding carboxylic acids is 1. The Morgan fingerprint density at radius 3 is 2.85 bits per heavy atom. The van der Waals surface area contributed by atoms with Crippen molar-refractivity contribution >= 4 is 12.0 Å². The molecule has 2 fully saturated rings. The molecular formula is C20H24N4O3. The van der Waals surface area contributed by atoms with E-state index in [0.29, 0.717) is 32.5 Å². The van der Waals surface area contributed by atoms with Gasteiger partial charge in [-0.3, -0.25) is 4.79 Å². The summed E-state index contributed by atoms with van der Waals surface area (Å²) in [6, 6.07) is 9.70. The Hall–Kier alpha value is -2.83. The van der Waals surface area contributed by atoms with Gasteiger partial charge in [0.05, 0.1) is 17.3 Å². The monoisotopic (exact) mass is 368 g/mol. The zero-order valence-electron chi connectivity index (χ0n) is 15.2. The first-order valence-electron chi connectivity index (χ1n) is 9.44. The third kappa shape index (κ3) is 3.29. The number of urea groups is 1. The predicted octanol–water partition coefficient (Wildman–Crippen LogP) is 2.31. The topological polar surface area (TPSA) is 87.5 Å². The number of amides is 2. The van der Waals surface area contributed by atoms with Crippen LogP contribution in [0.25, 0.3) is 5.69 Å². The van der Waals surface area contributed by atoms with Gasteiger partial charge in [-0.1, -0.05) is 24.6 Å². The van der Waals surface area contributed by atoms with Crippen LogP contribution in [0, 0.1) is 11.3 Å². The lowest BCUT2D eigenvalue weighted by atomic mass is 9.81. The molecule has 0 radical (unpaired) electrons. The van der Waals surface area contributed by atoms with Crippen molar-refractivity contribution in [1.29, 1.82) is 0 Å². The number of hydrogen-bond donors (Lipinski definition) is 2. The van der Waals surface area contributed by atoms with Crippen molar-refractivity contribution in [3.05, 3.63) is 48.3 Å². The number of rotatable bonds is 5. The van der Waals surface area contributed by atoms with E-state index in [2.05, 4.69) is 10.4 Å². The van der Waals surface area contributed by atoms with Crippen LogP contribution >= 0.6 is 0 Å². The van der Waals surface area contributed by atoms with Gasteiger partial charge in [0.2, 0.25) is 0 Å². The largest absolute Gasteiger partial charge is 0.481 e. The molecule has 2 aromatic rings. The molecule has 0 bridgehead atoms. The maximum absolute atomic E-state index is 12.5. The molecule has 1 saturated carbocycles. The van der Waals surface area contributed by atoms with Gasteiger partial charge in [0.15, 0.2) is 0 Å². The molecule has 2 aliphatic rings. The quantitative estimate of drug-likeness (QED) is 0.848. The molecule has 27 heavy (non-hydrogen) atoms. The average molecular weight is 368 g/mol. The van der Waals surface area contributed by atoms with Gasteiger partial charge in [-0.25, -0.2) is 9.48 Å². The number of para-hydroxylation sites is 1. The number of carboxylic acids is 1. The minimum Gasteiger partial charge on any atom is -0.481 e. The van der Waals surface area contributed by atoms with Gasteiger partial charge < -0.3 is 15.3 Å². The van der Waals surface area contributed by atoms with E-state index in [4.69, 9.17) is 0 Å². The Morgan fingerprint density at radius 1 is 1.30 bits per heavy atom. The second kappa shape index (κ2) is 7.06. The van der Waals surface area contributed by atoms with Crippen molar-refractivity contribution in [2.75, 3.05) is 19.6 Å². The number of carboxylic acid groups (broad SMARTS) is 1. The number of nitrogens with zero attached hydrogens (tertiary/aromatic N) is 3. The average Bonchev–Trinajstić information content (AvgIpc) is 3.36. The Kier molecular flexibility index (Phi) is 4.59. The molecule has 2 heterocycles. The highest BCUT2D eigenvalue weighted by atomic mass is 16.4. The van der Waals surface area contributed by atoms with E-state index < -0.39 is 11.4 Å². The third-order valence-corrected chi connectivity index (χ3v) is 5.93. The fourth-order valence-corrected chi connectivity index (χ4v) is 4.43. The first-order chi connectivity index (χ1) is 13.1. The van der Waals surface area contributed by atoms with Crippen molar-refractivity contribution in [3.8, 4) is 5.69 Å². The molecule has 7 heteroatoms. The summed E-state index contributed by atoms with van der Waals surface area (Å²) in [7, 11) is 0. The maximum Gasteiger partial charge on any atom is 0.317 e. The number of fused-ring (bicyclic) bond motifs is 1. The minimum absolute atomic E-state index is 0.0878. The summed E-state index contributed by atoms with van der Waals surface area (Å²) in [6.45, 7) is 1.37. The fourth-order valence-electron chi connectivity index (χ4n) is 4.43. The molecule has 2 N–H and O–H groups in total. The number of hydrogen-bond acceptors (Lipinski definition) is 3. The highest BCUT2D eigenvalue weighted by molar-refractivity contribution is 5.80. The summed E-state index contributed by atoms with van der Waals surface area (Å²) in [4.78, 5) is 25.9. The van der Waals surface area contributed by atoms with Crippen molar-refractivity contribution < 1.29 is 14.7 Å². The standard InChI is InChI=1S/C20H24N4O3/c25-18(26)20-9-4-5-16(20)13-23(14-20)19(27)21-10-8-15-11-22-24(12-15)17-6-2-1-3-7-17/h1-3,6-7,11-12,16H,4-5,8-10,13-14H2,(H,21,27)(H,25,26)/t16-,20+/m0/s1. The van der Waals surface area contributed by atoms with Gasteiger partial charge in [-0.2, -0.15) is 5.10 Å². The third-order valence-electron chi connectivity index (χ3n) is 5.93. The van der Waals surface area contributed by atoms with E-state index in [1.165, 1.54) is 0 Å². The van der Waals surface area contributed by atoms with Crippen molar-refractivity contribution in [1.82, 2.24) is 20.0 Å². The molecule has 0 spiro atoms. The van der Waals surface area contributed by atoms with E-state index in [1.54, 1.807) is 11.1 Å². The van der Waals surface area contributed by atoms with Crippen LogP contribution < -0.4 is 5.32 Å². The SMILES string of the molecule is O=C(NCCc1cnn(-c2ccccc2)c1)N1C[C@@H]2CCC[C@@]2(C(=O)O)C1. The zero-order valence-corrected chi connectivity index (χ0v) is 15.2. The summed E-state index contributed by atoms with van der Waals surface area (Å²) in [5.41, 5.74) is 1.31. The van der Waals surface area contributed by atoms with E-state index in [9.17, 15) is 14.7 Å². The Bertz CT molecular complexity index is 835. The Balaban J connectivity index is 1.29. The number of carbonyl (C=O) groups is 2. The normalized spacial score (nSPS) is 24.0. The molecule has 142 valence electrons. The molecular weight excluding hydrogens is 344 g/mol. The number of likely N-dealkylation sites (tertiary alicyclic amines) is 1. The lowest BCUT2D eigenvalue weighted by Gasteiger charge is -2.23. The Labute approximate surface area is 158 Å². The van der Waals surface area contributed by atoms with Crippen molar-refractivity contribution in [2.45, 2.75) is 25.7 Å². The van der Waals surface area contributed by atoms with Crippen molar-refractivity contribution in [3.63, 3.8) is 0 Å². The molecule has 1 aromatic carbocycles. The van der Waals surface area contributed by atoms with E-state index >= 15 is 0 Å². The van der Waals surface area contributed by atoms with Crippen LogP contribution in [0.15, 0.2) is 42.7 Å². The predicted molar refractivity (Wildman–Crippen MR) is 99.6 cm³/mol. The van der Waals surface area contributed by atoms with Gasteiger partial charge in [-0.15, -0.1) is 0 Å². The molecule has 1 aliphatic carbocycles. The number of aliphatic carboxylic acids is 1. The van der Waals surface area contributed by atoms with Crippen LogP contribution in [-0.2, 0) is 11.2 Å². The molecule has 7 nitrogen and oxygen atoms in total. The molecule has 1 aliphatic heterocycles. The van der Waals surface area contributed by atoms with Crippen LogP contribution in [0.4, 0.5) is 4.79 Å². The summed E-state index contributed by atoms with van der Waals surface area (Å²) in [5.74, 6) is -0.668. The van der Waals surface area contributed by atoms with Gasteiger partial charge in [-0.05, 0) is 42.9 Å². The summed E-state index contributed by atoms with van der Waals surface area (Å²) in [5, 5.41) is 16.9. The molecule has 2 atom stereocenters. The number of aromatic nitrogens is 2. The number of benzene rings is 1. The highest BCUT2D eigenvalue weighted by Gasteiger charge is 2.55. The van der Waals surface area contributed by atoms with E-state index in [0.717, 1.165) is 24.1 Å². The van der Waals surface area contributed by atoms with Crippen molar-refractivity contribution in [2.24, 2.45) is 11.3 Å². The second-order valence-corrected chi connectivity index (χ2v) is 7.54. The van der Waals surface area contributed by atoms with Gasteiger partial charge in [0.1, 0.15) is 0 Å². The van der Waals surface area contributed by atoms with Crippen LogP contribution in [-0.4, -0.2) is 51.4 Å². The fraction of sp³-hybridized carbons (Fsp3) is 0.450. The maximum atomic E-state index is 12.5. The van der Waals surface area contributed by atoms with Crippen LogP contribution in [0.2, 0.25) is 0 Å². The number of nitrogens with one attached hydrogen (secondary N) is 1. The van der Waals surface area contributed by atoms with Crippen LogP contribution in [0.5, 0.6) is 0 Å². The van der Waals surface area contributed by atoms with Gasteiger partial charge in [0.25, 0.3) is 0 Å². The van der Waals surface area contributed by atoms with Gasteiger partial charge >= 0.3 is 12.0 Å². The molecule has 1 saturated heterocycles. The molecule has 1 aromatic heterocycles. The van der Waals surface area contributed by atoms with Gasteiger partial charge in [0, 0.05) is 25.8 Å². The summed E-state index contributed by atoms with van der Waals surface area (Å²) >= 11 is 0. The second-order valence-electron chi connectivity index (χ2n) is 7.54. The van der Waals surface area contributed by atoms with E-state index in [-0.39, 0.29) is 11.9 Å². The molecule has 0 unspecified atom stereocenters. The van der Waals surface area contributed by atoms with Crippen LogP contribution in [0.3, 0.4) is 0 Å². The van der Waals surface area contributed by atoms with E-state index in [1.807, 2.05) is 41.2 Å². The lowest BCUT2D eigenvalue weighted by molar-refractivity contribution is -0.149. The summed E-state index contributed by atoms with van der Waals surface area (Å²) < 4.78 is 1.81. The highest BCUT2D eigenvalue weighted by Crippen LogP contribution is 2.48. The van der Waals surface area contributed by atoms with Crippen LogP contribution in [0.1, 0.15) is 24.8 Å².